The highest BCUT2D eigenvalue weighted by Gasteiger charge is 2.08. The first kappa shape index (κ1) is 13.0. The molecule has 1 heterocycles. The van der Waals surface area contributed by atoms with Gasteiger partial charge in [0.05, 0.1) is 24.2 Å². The highest BCUT2D eigenvalue weighted by Crippen LogP contribution is 2.20. The van der Waals surface area contributed by atoms with Crippen molar-refractivity contribution < 1.29 is 9.13 Å². The van der Waals surface area contributed by atoms with Gasteiger partial charge in [-0.3, -0.25) is 0 Å². The Kier molecular flexibility index (Phi) is 3.96. The largest absolute Gasteiger partial charge is 0.494 e. The minimum absolute atomic E-state index is 0.152. The third-order valence-electron chi connectivity index (χ3n) is 2.52. The summed E-state index contributed by atoms with van der Waals surface area (Å²) in [5.74, 6) is -0.128. The third-order valence-corrected chi connectivity index (χ3v) is 2.99. The number of nitrogens with zero attached hydrogens (tertiary/aromatic N) is 3. The van der Waals surface area contributed by atoms with Gasteiger partial charge in [-0.2, -0.15) is 0 Å². The molecule has 0 spiro atoms. The summed E-state index contributed by atoms with van der Waals surface area (Å²) in [5.41, 5.74) is 1.66. The molecule has 0 fully saturated rings. The Bertz CT molecular complexity index is 542. The molecule has 96 valence electrons. The summed E-state index contributed by atoms with van der Waals surface area (Å²) in [5, 5.41) is 8.00. The Labute approximate surface area is 113 Å². The molecular formula is C12H13BrFN3O. The topological polar surface area (TPSA) is 39.9 Å². The quantitative estimate of drug-likeness (QED) is 0.815. The molecule has 0 saturated carbocycles. The molecule has 0 bridgehead atoms. The number of benzene rings is 1. The van der Waals surface area contributed by atoms with Gasteiger partial charge in [0.2, 0.25) is 0 Å². The van der Waals surface area contributed by atoms with Gasteiger partial charge in [-0.15, -0.1) is 5.10 Å². The average molecular weight is 314 g/mol. The van der Waals surface area contributed by atoms with Gasteiger partial charge in [-0.1, -0.05) is 27.2 Å². The van der Waals surface area contributed by atoms with Crippen LogP contribution in [0.5, 0.6) is 5.75 Å². The van der Waals surface area contributed by atoms with Gasteiger partial charge in [0.1, 0.15) is 0 Å². The zero-order valence-electron chi connectivity index (χ0n) is 10.1. The lowest BCUT2D eigenvalue weighted by atomic mass is 10.2. The summed E-state index contributed by atoms with van der Waals surface area (Å²) >= 11 is 3.42. The molecule has 6 heteroatoms. The van der Waals surface area contributed by atoms with Crippen molar-refractivity contribution in [1.29, 1.82) is 0 Å². The normalized spacial score (nSPS) is 12.4. The van der Waals surface area contributed by atoms with E-state index in [4.69, 9.17) is 4.74 Å². The van der Waals surface area contributed by atoms with E-state index in [1.54, 1.807) is 16.8 Å². The van der Waals surface area contributed by atoms with E-state index in [1.807, 2.05) is 13.1 Å². The molecule has 0 saturated heterocycles. The molecule has 4 nitrogen and oxygen atoms in total. The number of hydrogen-bond donors (Lipinski definition) is 0. The van der Waals surface area contributed by atoms with Crippen LogP contribution in [-0.4, -0.2) is 22.1 Å². The zero-order chi connectivity index (χ0) is 13.1. The van der Waals surface area contributed by atoms with Crippen LogP contribution in [0.3, 0.4) is 0 Å². The predicted molar refractivity (Wildman–Crippen MR) is 69.4 cm³/mol. The van der Waals surface area contributed by atoms with E-state index in [2.05, 4.69) is 26.2 Å². The van der Waals surface area contributed by atoms with Crippen molar-refractivity contribution in [2.45, 2.75) is 18.3 Å². The van der Waals surface area contributed by atoms with Crippen molar-refractivity contribution in [3.63, 3.8) is 0 Å². The summed E-state index contributed by atoms with van der Waals surface area (Å²) in [7, 11) is 1.44. The SMILES string of the molecule is COc1ccc(Cn2cc(C(C)Br)nn2)cc1F. The van der Waals surface area contributed by atoms with Crippen LogP contribution >= 0.6 is 15.9 Å². The standard InChI is InChI=1S/C12H13BrFN3O/c1-8(13)11-7-17(16-15-11)6-9-3-4-12(18-2)10(14)5-9/h3-5,7-8H,6H2,1-2H3. The van der Waals surface area contributed by atoms with Crippen LogP contribution in [0.15, 0.2) is 24.4 Å². The molecule has 0 amide bonds. The smallest absolute Gasteiger partial charge is 0.165 e. The maximum Gasteiger partial charge on any atom is 0.165 e. The first-order chi connectivity index (χ1) is 8.60. The van der Waals surface area contributed by atoms with Crippen molar-refractivity contribution >= 4 is 15.9 Å². The maximum atomic E-state index is 13.5. The average Bonchev–Trinajstić information content (AvgIpc) is 2.78. The molecule has 1 unspecified atom stereocenters. The van der Waals surface area contributed by atoms with Gasteiger partial charge in [0.25, 0.3) is 0 Å². The second-order valence-corrected chi connectivity index (χ2v) is 5.30. The number of hydrogen-bond acceptors (Lipinski definition) is 3. The van der Waals surface area contributed by atoms with Crippen molar-refractivity contribution in [1.82, 2.24) is 15.0 Å². The maximum absolute atomic E-state index is 13.5. The first-order valence-corrected chi connectivity index (χ1v) is 6.38. The fourth-order valence-corrected chi connectivity index (χ4v) is 1.78. The minimum Gasteiger partial charge on any atom is -0.494 e. The van der Waals surface area contributed by atoms with E-state index < -0.39 is 0 Å². The molecule has 1 aromatic heterocycles. The number of rotatable bonds is 4. The van der Waals surface area contributed by atoms with E-state index in [0.717, 1.165) is 11.3 Å². The van der Waals surface area contributed by atoms with Crippen molar-refractivity contribution in [3.8, 4) is 5.75 Å². The zero-order valence-corrected chi connectivity index (χ0v) is 11.7. The number of methoxy groups -OCH3 is 1. The monoisotopic (exact) mass is 313 g/mol. The molecule has 2 aromatic rings. The number of aromatic nitrogens is 3. The van der Waals surface area contributed by atoms with Crippen LogP contribution in [-0.2, 0) is 6.54 Å². The number of ether oxygens (including phenoxy) is 1. The molecule has 18 heavy (non-hydrogen) atoms. The molecule has 1 atom stereocenters. The molecule has 1 aromatic carbocycles. The number of alkyl halides is 1. The Morgan fingerprint density at radius 1 is 1.50 bits per heavy atom. The van der Waals surface area contributed by atoms with Crippen LogP contribution < -0.4 is 4.74 Å². The fourth-order valence-electron chi connectivity index (χ4n) is 1.57. The lowest BCUT2D eigenvalue weighted by Crippen LogP contribution is -2.01. The fraction of sp³-hybridized carbons (Fsp3) is 0.333. The van der Waals surface area contributed by atoms with E-state index in [0.29, 0.717) is 6.54 Å². The lowest BCUT2D eigenvalue weighted by Gasteiger charge is -2.05. The predicted octanol–water partition coefficient (Wildman–Crippen LogP) is 2.93. The van der Waals surface area contributed by atoms with Crippen molar-refractivity contribution in [2.75, 3.05) is 7.11 Å². The van der Waals surface area contributed by atoms with Crippen LogP contribution in [0.4, 0.5) is 4.39 Å². The van der Waals surface area contributed by atoms with E-state index >= 15 is 0 Å². The minimum atomic E-state index is -0.371. The summed E-state index contributed by atoms with van der Waals surface area (Å²) in [6.45, 7) is 2.45. The number of halogens is 2. The summed E-state index contributed by atoms with van der Waals surface area (Å²) < 4.78 is 20.1. The Morgan fingerprint density at radius 2 is 2.28 bits per heavy atom. The van der Waals surface area contributed by atoms with Crippen LogP contribution in [0, 0.1) is 5.82 Å². The lowest BCUT2D eigenvalue weighted by molar-refractivity contribution is 0.386. The third kappa shape index (κ3) is 2.87. The van der Waals surface area contributed by atoms with Gasteiger partial charge in [-0.05, 0) is 24.6 Å². The summed E-state index contributed by atoms with van der Waals surface area (Å²) in [6.07, 6.45) is 1.83. The van der Waals surface area contributed by atoms with Crippen LogP contribution in [0.25, 0.3) is 0 Å². The van der Waals surface area contributed by atoms with E-state index in [1.165, 1.54) is 13.2 Å². The molecule has 0 aliphatic rings. The van der Waals surface area contributed by atoms with Crippen molar-refractivity contribution in [3.05, 3.63) is 41.5 Å². The molecule has 0 aliphatic heterocycles. The Balaban J connectivity index is 2.15. The van der Waals surface area contributed by atoms with Gasteiger partial charge in [-0.25, -0.2) is 9.07 Å². The van der Waals surface area contributed by atoms with Crippen LogP contribution in [0.1, 0.15) is 23.0 Å². The Hall–Kier alpha value is -1.43. The second-order valence-electron chi connectivity index (χ2n) is 3.93. The second kappa shape index (κ2) is 5.48. The van der Waals surface area contributed by atoms with Crippen molar-refractivity contribution in [2.24, 2.45) is 0 Å². The molecular weight excluding hydrogens is 301 g/mol. The van der Waals surface area contributed by atoms with Crippen LogP contribution in [0.2, 0.25) is 0 Å². The molecule has 0 aliphatic carbocycles. The highest BCUT2D eigenvalue weighted by molar-refractivity contribution is 9.09. The Morgan fingerprint density at radius 3 is 2.83 bits per heavy atom. The molecule has 0 radical (unpaired) electrons. The van der Waals surface area contributed by atoms with E-state index in [-0.39, 0.29) is 16.4 Å². The first-order valence-electron chi connectivity index (χ1n) is 5.46. The summed E-state index contributed by atoms with van der Waals surface area (Å²) in [6, 6.07) is 4.86. The van der Waals surface area contributed by atoms with Gasteiger partial charge in [0, 0.05) is 6.20 Å². The summed E-state index contributed by atoms with van der Waals surface area (Å²) in [4.78, 5) is 0.152. The van der Waals surface area contributed by atoms with Gasteiger partial charge < -0.3 is 4.74 Å². The van der Waals surface area contributed by atoms with Gasteiger partial charge in [0.15, 0.2) is 11.6 Å². The molecule has 2 rings (SSSR count). The van der Waals surface area contributed by atoms with Gasteiger partial charge >= 0.3 is 0 Å². The highest BCUT2D eigenvalue weighted by atomic mass is 79.9. The van der Waals surface area contributed by atoms with E-state index in [9.17, 15) is 4.39 Å². The molecule has 0 N–H and O–H groups in total.